The zero-order valence-electron chi connectivity index (χ0n) is 10.7. The van der Waals surface area contributed by atoms with Gasteiger partial charge in [-0.25, -0.2) is 0 Å². The maximum atomic E-state index is 3.87. The summed E-state index contributed by atoms with van der Waals surface area (Å²) in [5, 5.41) is 0. The fourth-order valence-corrected chi connectivity index (χ4v) is 1.94. The molecule has 89 valence electrons. The first-order chi connectivity index (χ1) is 7.86. The van der Waals surface area contributed by atoms with Gasteiger partial charge in [-0.15, -0.1) is 0 Å². The first kappa shape index (κ1) is 13.3. The van der Waals surface area contributed by atoms with Crippen molar-refractivity contribution in [2.24, 2.45) is 0 Å². The third-order valence-corrected chi connectivity index (χ3v) is 3.06. The van der Waals surface area contributed by atoms with E-state index in [9.17, 15) is 0 Å². The van der Waals surface area contributed by atoms with Crippen molar-refractivity contribution in [3.8, 4) is 0 Å². The number of benzene rings is 1. The summed E-state index contributed by atoms with van der Waals surface area (Å²) >= 11 is 0. The average molecular weight is 217 g/mol. The Morgan fingerprint density at radius 3 is 1.88 bits per heavy atom. The van der Waals surface area contributed by atoms with E-state index in [1.54, 1.807) is 0 Å². The average Bonchev–Trinajstić information content (AvgIpc) is 2.33. The molecule has 1 rings (SSSR count). The minimum absolute atomic E-state index is 1.08. The SMILES string of the molecule is [CH2]CCCCCc1ccc(CCCC)cc1. The predicted molar refractivity (Wildman–Crippen MR) is 72.6 cm³/mol. The highest BCUT2D eigenvalue weighted by Gasteiger charge is 1.95. The van der Waals surface area contributed by atoms with E-state index in [-0.39, 0.29) is 0 Å². The van der Waals surface area contributed by atoms with Gasteiger partial charge in [0.2, 0.25) is 0 Å². The lowest BCUT2D eigenvalue weighted by atomic mass is 10.0. The number of rotatable bonds is 8. The lowest BCUT2D eigenvalue weighted by Gasteiger charge is -2.03. The first-order valence-corrected chi connectivity index (χ1v) is 6.74. The highest BCUT2D eigenvalue weighted by Crippen LogP contribution is 2.11. The molecule has 0 saturated carbocycles. The second-order valence-corrected chi connectivity index (χ2v) is 4.58. The Balaban J connectivity index is 2.27. The van der Waals surface area contributed by atoms with E-state index >= 15 is 0 Å². The van der Waals surface area contributed by atoms with E-state index in [1.807, 2.05) is 0 Å². The molecule has 0 amide bonds. The zero-order valence-corrected chi connectivity index (χ0v) is 10.7. The van der Waals surface area contributed by atoms with Crippen molar-refractivity contribution in [1.29, 1.82) is 0 Å². The smallest absolute Gasteiger partial charge is 0.0279 e. The molecule has 0 unspecified atom stereocenters. The first-order valence-electron chi connectivity index (χ1n) is 6.74. The molecule has 1 aromatic rings. The van der Waals surface area contributed by atoms with Crippen LogP contribution in [0.5, 0.6) is 0 Å². The summed E-state index contributed by atoms with van der Waals surface area (Å²) in [6, 6.07) is 9.20. The molecule has 0 spiro atoms. The number of aryl methyl sites for hydroxylation is 2. The molecule has 0 atom stereocenters. The largest absolute Gasteiger partial charge is 0.0654 e. The Bertz CT molecular complexity index is 258. The van der Waals surface area contributed by atoms with Gasteiger partial charge in [-0.05, 0) is 36.8 Å². The Labute approximate surface area is 101 Å². The van der Waals surface area contributed by atoms with Gasteiger partial charge in [0, 0.05) is 0 Å². The highest BCUT2D eigenvalue weighted by atomic mass is 14.0. The topological polar surface area (TPSA) is 0 Å². The lowest BCUT2D eigenvalue weighted by molar-refractivity contribution is 0.685. The van der Waals surface area contributed by atoms with Gasteiger partial charge < -0.3 is 0 Å². The van der Waals surface area contributed by atoms with Gasteiger partial charge >= 0.3 is 0 Å². The molecule has 0 N–H and O–H groups in total. The summed E-state index contributed by atoms with van der Waals surface area (Å²) in [5.74, 6) is 0. The standard InChI is InChI=1S/C16H25/c1-3-5-7-8-10-16-13-11-15(12-14-16)9-6-4-2/h11-14H,1,3-10H2,2H3. The highest BCUT2D eigenvalue weighted by molar-refractivity contribution is 5.22. The summed E-state index contributed by atoms with van der Waals surface area (Å²) in [6.07, 6.45) is 10.0. The summed E-state index contributed by atoms with van der Waals surface area (Å²) in [4.78, 5) is 0. The Hall–Kier alpha value is -0.780. The fraction of sp³-hybridized carbons (Fsp3) is 0.562. The van der Waals surface area contributed by atoms with Crippen LogP contribution in [0.1, 0.15) is 56.6 Å². The molecule has 16 heavy (non-hydrogen) atoms. The van der Waals surface area contributed by atoms with Crippen molar-refractivity contribution >= 4 is 0 Å². The van der Waals surface area contributed by atoms with Crippen LogP contribution < -0.4 is 0 Å². The molecule has 0 heterocycles. The molecular weight excluding hydrogens is 192 g/mol. The van der Waals surface area contributed by atoms with Gasteiger partial charge in [0.15, 0.2) is 0 Å². The third kappa shape index (κ3) is 5.34. The maximum absolute atomic E-state index is 3.87. The second kappa shape index (κ2) is 8.38. The van der Waals surface area contributed by atoms with Crippen molar-refractivity contribution in [2.75, 3.05) is 0 Å². The van der Waals surface area contributed by atoms with Crippen molar-refractivity contribution < 1.29 is 0 Å². The normalized spacial score (nSPS) is 10.6. The van der Waals surface area contributed by atoms with Gasteiger partial charge in [0.05, 0.1) is 0 Å². The number of hydrogen-bond donors (Lipinski definition) is 0. The molecule has 0 bridgehead atoms. The van der Waals surface area contributed by atoms with E-state index in [2.05, 4.69) is 38.1 Å². The van der Waals surface area contributed by atoms with Crippen molar-refractivity contribution in [3.63, 3.8) is 0 Å². The van der Waals surface area contributed by atoms with Gasteiger partial charge in [-0.1, -0.05) is 63.8 Å². The van der Waals surface area contributed by atoms with Crippen LogP contribution >= 0.6 is 0 Å². The molecule has 0 fully saturated rings. The molecular formula is C16H25. The summed E-state index contributed by atoms with van der Waals surface area (Å²) in [5.41, 5.74) is 2.98. The van der Waals surface area contributed by atoms with Gasteiger partial charge in [-0.3, -0.25) is 0 Å². The minimum Gasteiger partial charge on any atom is -0.0654 e. The molecule has 0 aliphatic heterocycles. The fourth-order valence-electron chi connectivity index (χ4n) is 1.94. The minimum atomic E-state index is 1.08. The molecule has 0 nitrogen and oxygen atoms in total. The maximum Gasteiger partial charge on any atom is -0.0279 e. The van der Waals surface area contributed by atoms with Crippen LogP contribution in [0.15, 0.2) is 24.3 Å². The third-order valence-electron chi connectivity index (χ3n) is 3.06. The van der Waals surface area contributed by atoms with Crippen LogP contribution in [0, 0.1) is 6.92 Å². The van der Waals surface area contributed by atoms with Crippen LogP contribution in [0.3, 0.4) is 0 Å². The zero-order chi connectivity index (χ0) is 11.6. The molecule has 0 aliphatic carbocycles. The molecule has 0 aliphatic rings. The van der Waals surface area contributed by atoms with Crippen LogP contribution in [-0.4, -0.2) is 0 Å². The molecule has 1 radical (unpaired) electrons. The van der Waals surface area contributed by atoms with Crippen molar-refractivity contribution in [2.45, 2.75) is 58.3 Å². The molecule has 0 aromatic heterocycles. The molecule has 1 aromatic carbocycles. The molecule has 0 heteroatoms. The van der Waals surface area contributed by atoms with Gasteiger partial charge in [-0.2, -0.15) is 0 Å². The molecule has 0 saturated heterocycles. The monoisotopic (exact) mass is 217 g/mol. The quantitative estimate of drug-likeness (QED) is 0.539. The van der Waals surface area contributed by atoms with E-state index < -0.39 is 0 Å². The van der Waals surface area contributed by atoms with E-state index in [0.29, 0.717) is 0 Å². The summed E-state index contributed by atoms with van der Waals surface area (Å²) < 4.78 is 0. The Morgan fingerprint density at radius 1 is 0.812 bits per heavy atom. The Kier molecular flexibility index (Phi) is 6.96. The van der Waals surface area contributed by atoms with E-state index in [1.165, 1.54) is 56.1 Å². The van der Waals surface area contributed by atoms with Gasteiger partial charge in [0.25, 0.3) is 0 Å². The van der Waals surface area contributed by atoms with Crippen molar-refractivity contribution in [3.05, 3.63) is 42.3 Å². The van der Waals surface area contributed by atoms with Crippen LogP contribution in [0.4, 0.5) is 0 Å². The van der Waals surface area contributed by atoms with Crippen LogP contribution in [0.2, 0.25) is 0 Å². The predicted octanol–water partition coefficient (Wildman–Crippen LogP) is 4.97. The van der Waals surface area contributed by atoms with Crippen LogP contribution in [-0.2, 0) is 12.8 Å². The second-order valence-electron chi connectivity index (χ2n) is 4.58. The van der Waals surface area contributed by atoms with Crippen molar-refractivity contribution in [1.82, 2.24) is 0 Å². The number of hydrogen-bond acceptors (Lipinski definition) is 0. The van der Waals surface area contributed by atoms with Crippen LogP contribution in [0.25, 0.3) is 0 Å². The van der Waals surface area contributed by atoms with E-state index in [4.69, 9.17) is 0 Å². The summed E-state index contributed by atoms with van der Waals surface area (Å²) in [6.45, 7) is 6.12. The lowest BCUT2D eigenvalue weighted by Crippen LogP contribution is -1.88. The summed E-state index contributed by atoms with van der Waals surface area (Å²) in [7, 11) is 0. The van der Waals surface area contributed by atoms with E-state index in [0.717, 1.165) is 6.42 Å². The Morgan fingerprint density at radius 2 is 1.38 bits per heavy atom. The van der Waals surface area contributed by atoms with Gasteiger partial charge in [0.1, 0.15) is 0 Å². The number of unbranched alkanes of at least 4 members (excludes halogenated alkanes) is 4.